The number of hydrogen-bond acceptors (Lipinski definition) is 0. The predicted molar refractivity (Wildman–Crippen MR) is 7.13 cm³/mol. The molecule has 17 valence electrons. The van der Waals surface area contributed by atoms with Crippen LogP contribution in [-0.2, 0) is 11.0 Å². The van der Waals surface area contributed by atoms with Crippen molar-refractivity contribution in [2.24, 2.45) is 0 Å². The molecule has 1 radical (unpaired) electrons. The van der Waals surface area contributed by atoms with Gasteiger partial charge < -0.3 is 11.0 Å². The van der Waals surface area contributed by atoms with E-state index >= 15 is 0 Å². The molecule has 0 unspecified atom stereocenters. The van der Waals surface area contributed by atoms with Gasteiger partial charge in [-0.25, -0.2) is 0 Å². The monoisotopic (exact) mass is 287 g/mol. The normalized spacial score (nSPS) is 0. The van der Waals surface area contributed by atoms with E-state index in [0.717, 1.165) is 0 Å². The Labute approximate surface area is 77.1 Å². The van der Waals surface area contributed by atoms with Gasteiger partial charge in [0, 0.05) is 0 Å². The molecule has 0 N–H and O–H groups in total. The van der Waals surface area contributed by atoms with Crippen molar-refractivity contribution in [1.82, 2.24) is 0 Å². The van der Waals surface area contributed by atoms with Gasteiger partial charge in [0.05, 0.1) is 0 Å². The molecule has 0 bridgehead atoms. The van der Waals surface area contributed by atoms with E-state index in [1.807, 2.05) is 0 Å². The van der Waals surface area contributed by atoms with Crippen molar-refractivity contribution in [2.45, 2.75) is 0 Å². The molecule has 0 saturated heterocycles. The van der Waals surface area contributed by atoms with E-state index < -0.39 is 0 Å². The van der Waals surface area contributed by atoms with E-state index in [0.29, 0.717) is 0 Å². The van der Waals surface area contributed by atoms with Crippen molar-refractivity contribution < 1.29 is 52.7 Å². The first-order valence-electron chi connectivity index (χ1n) is 0. The molecular formula is CeInO2+2. The Bertz CT molecular complexity index is 6.00. The van der Waals surface area contributed by atoms with Crippen molar-refractivity contribution >= 4 is 25.8 Å². The molecule has 0 aromatic heterocycles. The van der Waals surface area contributed by atoms with Gasteiger partial charge in [-0.2, -0.15) is 0 Å². The van der Waals surface area contributed by atoms with Crippen LogP contribution in [0.4, 0.5) is 0 Å². The third kappa shape index (κ3) is 8.90. The summed E-state index contributed by atoms with van der Waals surface area (Å²) in [6.45, 7) is 0. The Morgan fingerprint density at radius 3 is 0.750 bits per heavy atom. The average molecular weight is 287 g/mol. The van der Waals surface area contributed by atoms with Crippen molar-refractivity contribution in [2.75, 3.05) is 0 Å². The second-order valence-electron chi connectivity index (χ2n) is 0. The minimum atomic E-state index is 0. The maximum absolute atomic E-state index is 0. The summed E-state index contributed by atoms with van der Waals surface area (Å²) in [7, 11) is 0. The fourth-order valence-electron chi connectivity index (χ4n) is 0. The second kappa shape index (κ2) is 19.1. The molecule has 0 fully saturated rings. The van der Waals surface area contributed by atoms with Gasteiger partial charge in [-0.05, 0) is 0 Å². The van der Waals surface area contributed by atoms with Crippen molar-refractivity contribution in [1.29, 1.82) is 0 Å². The largest absolute Gasteiger partial charge is 3.00 e. The van der Waals surface area contributed by atoms with E-state index in [-0.39, 0.29) is 78.5 Å². The molecule has 0 aliphatic heterocycles. The van der Waals surface area contributed by atoms with E-state index in [2.05, 4.69) is 0 Å². The zero-order chi connectivity index (χ0) is 0. The molecule has 4 heteroatoms. The first-order chi connectivity index (χ1) is 0. The Morgan fingerprint density at radius 1 is 0.750 bits per heavy atom. The molecule has 4 heavy (non-hydrogen) atoms. The smallest absolute Gasteiger partial charge is 2.00 e. The van der Waals surface area contributed by atoms with Crippen LogP contribution in [0.1, 0.15) is 0 Å². The van der Waals surface area contributed by atoms with Crippen LogP contribution in [0, 0.1) is 41.7 Å². The molecule has 0 saturated carbocycles. The standard InChI is InChI=1S/Ce.In.2O/q2*+3;2*-2. The minimum absolute atomic E-state index is 0. The Balaban J connectivity index is 0. The summed E-state index contributed by atoms with van der Waals surface area (Å²) in [6, 6.07) is 0. The van der Waals surface area contributed by atoms with Crippen LogP contribution in [-0.4, -0.2) is 25.8 Å². The third-order valence-electron chi connectivity index (χ3n) is 0. The molecular weight excluding hydrogens is 287 g/mol. The summed E-state index contributed by atoms with van der Waals surface area (Å²) in [5.41, 5.74) is 0. The molecule has 2 nitrogen and oxygen atoms in total. The molecule has 0 rings (SSSR count). The van der Waals surface area contributed by atoms with Crippen molar-refractivity contribution in [3.8, 4) is 0 Å². The second-order valence-corrected chi connectivity index (χ2v) is 0. The quantitative estimate of drug-likeness (QED) is 0.570. The molecule has 0 spiro atoms. The Morgan fingerprint density at radius 2 is 0.750 bits per heavy atom. The molecule has 0 aromatic carbocycles. The summed E-state index contributed by atoms with van der Waals surface area (Å²) >= 11 is 0. The topological polar surface area (TPSA) is 57.0 Å². The van der Waals surface area contributed by atoms with E-state index in [1.54, 1.807) is 0 Å². The third-order valence-corrected chi connectivity index (χ3v) is 0. The van der Waals surface area contributed by atoms with Gasteiger partial charge in [0.2, 0.25) is 0 Å². The fourth-order valence-corrected chi connectivity index (χ4v) is 0. The Kier molecular flexibility index (Phi) is 167. The van der Waals surface area contributed by atoms with E-state index in [9.17, 15) is 0 Å². The van der Waals surface area contributed by atoms with Crippen LogP contribution < -0.4 is 0 Å². The molecule has 0 amide bonds. The summed E-state index contributed by atoms with van der Waals surface area (Å²) in [6.07, 6.45) is 0. The summed E-state index contributed by atoms with van der Waals surface area (Å²) in [5.74, 6) is 0. The summed E-state index contributed by atoms with van der Waals surface area (Å²) in [5, 5.41) is 0. The van der Waals surface area contributed by atoms with Gasteiger partial charge in [-0.1, -0.05) is 0 Å². The molecule has 0 aliphatic carbocycles. The Hall–Kier alpha value is 2.17. The molecule has 0 atom stereocenters. The average Bonchev–Trinajstić information content (AvgIpc) is 0. The first-order valence-corrected chi connectivity index (χ1v) is 0. The summed E-state index contributed by atoms with van der Waals surface area (Å²) in [4.78, 5) is 0. The van der Waals surface area contributed by atoms with Crippen LogP contribution in [0.5, 0.6) is 0 Å². The summed E-state index contributed by atoms with van der Waals surface area (Å²) < 4.78 is 0. The SMILES string of the molecule is [Ce+3].[In+3].[O-2].[O-2]. The maximum atomic E-state index is 0. The van der Waals surface area contributed by atoms with E-state index in [1.165, 1.54) is 0 Å². The van der Waals surface area contributed by atoms with Crippen molar-refractivity contribution in [3.63, 3.8) is 0 Å². The van der Waals surface area contributed by atoms with E-state index in [4.69, 9.17) is 0 Å². The predicted octanol–water partition coefficient (Wildman–Crippen LogP) is -0.618. The molecule has 0 aliphatic rings. The number of rotatable bonds is 0. The van der Waals surface area contributed by atoms with Gasteiger partial charge in [-0.15, -0.1) is 0 Å². The van der Waals surface area contributed by atoms with Crippen LogP contribution >= 0.6 is 0 Å². The van der Waals surface area contributed by atoms with Crippen molar-refractivity contribution in [3.05, 3.63) is 0 Å². The van der Waals surface area contributed by atoms with Gasteiger partial charge >= 0.3 is 67.6 Å². The van der Waals surface area contributed by atoms with Gasteiger partial charge in [0.25, 0.3) is 0 Å². The fraction of sp³-hybridized carbons (Fsp3) is 0. The van der Waals surface area contributed by atoms with Crippen LogP contribution in [0.25, 0.3) is 0 Å². The van der Waals surface area contributed by atoms with Crippen LogP contribution in [0.2, 0.25) is 0 Å². The first kappa shape index (κ1) is 35.1. The molecule has 0 heterocycles. The zero-order valence-electron chi connectivity index (χ0n) is 1.89. The molecule has 0 aromatic rings. The van der Waals surface area contributed by atoms with Crippen LogP contribution in [0.15, 0.2) is 0 Å². The van der Waals surface area contributed by atoms with Gasteiger partial charge in [-0.3, -0.25) is 0 Å². The maximum Gasteiger partial charge on any atom is 3.00 e. The number of hydrogen-bond donors (Lipinski definition) is 0. The van der Waals surface area contributed by atoms with Crippen LogP contribution in [0.3, 0.4) is 0 Å². The van der Waals surface area contributed by atoms with Gasteiger partial charge in [0.1, 0.15) is 0 Å². The van der Waals surface area contributed by atoms with Gasteiger partial charge in [0.15, 0.2) is 0 Å². The zero-order valence-corrected chi connectivity index (χ0v) is 8.33. The minimum Gasteiger partial charge on any atom is -2.00 e.